The van der Waals surface area contributed by atoms with E-state index < -0.39 is 0 Å². The average molecular weight is 760 g/mol. The summed E-state index contributed by atoms with van der Waals surface area (Å²) in [5, 5.41) is 5.17. The van der Waals surface area contributed by atoms with Crippen molar-refractivity contribution in [1.29, 1.82) is 0 Å². The third-order valence-corrected chi connectivity index (χ3v) is 8.51. The third-order valence-electron chi connectivity index (χ3n) is 8.51. The minimum absolute atomic E-state index is 0. The summed E-state index contributed by atoms with van der Waals surface area (Å²) in [7, 11) is 0. The van der Waals surface area contributed by atoms with Crippen LogP contribution in [-0.4, -0.2) is 15.4 Å². The van der Waals surface area contributed by atoms with Crippen LogP contribution in [0.3, 0.4) is 0 Å². The molecule has 0 amide bonds. The molecule has 4 heterocycles. The summed E-state index contributed by atoms with van der Waals surface area (Å²) in [4.78, 5) is 8.91. The molecule has 9 rings (SSSR count). The SMILES string of the molecule is CC(C)N1[CH-]N(c2[c-]cc3c4cccc5c6ccccc6n(c3c2)c54)c2ccccc21.Cc1ccc(-c2[c-]cccc2)nc1.[Ir+3]. The van der Waals surface area contributed by atoms with E-state index in [0.717, 1.165) is 16.9 Å². The van der Waals surface area contributed by atoms with Gasteiger partial charge >= 0.3 is 20.1 Å². The fourth-order valence-corrected chi connectivity index (χ4v) is 6.41. The number of hydrogen-bond acceptors (Lipinski definition) is 3. The van der Waals surface area contributed by atoms with Gasteiger partial charge in [0.25, 0.3) is 0 Å². The molecule has 0 unspecified atom stereocenters. The van der Waals surface area contributed by atoms with Gasteiger partial charge in [-0.3, -0.25) is 0 Å². The van der Waals surface area contributed by atoms with E-state index in [-0.39, 0.29) is 20.1 Å². The maximum Gasteiger partial charge on any atom is 3.00 e. The second-order valence-corrected chi connectivity index (χ2v) is 11.6. The van der Waals surface area contributed by atoms with Crippen LogP contribution in [0.4, 0.5) is 17.1 Å². The van der Waals surface area contributed by atoms with Crippen molar-refractivity contribution in [2.45, 2.75) is 26.8 Å². The Morgan fingerprint density at radius 2 is 1.44 bits per heavy atom. The molecule has 5 heteroatoms. The van der Waals surface area contributed by atoms with Crippen LogP contribution in [0.1, 0.15) is 19.4 Å². The Balaban J connectivity index is 0.000000196. The van der Waals surface area contributed by atoms with Gasteiger partial charge < -0.3 is 19.2 Å². The first-order valence-electron chi connectivity index (χ1n) is 15.1. The summed E-state index contributed by atoms with van der Waals surface area (Å²) in [5.74, 6) is 0. The van der Waals surface area contributed by atoms with Crippen molar-refractivity contribution >= 4 is 55.2 Å². The van der Waals surface area contributed by atoms with Gasteiger partial charge in [0.15, 0.2) is 0 Å². The van der Waals surface area contributed by atoms with E-state index in [4.69, 9.17) is 0 Å². The summed E-state index contributed by atoms with van der Waals surface area (Å²) in [6.07, 6.45) is 1.87. The van der Waals surface area contributed by atoms with Crippen molar-refractivity contribution in [3.8, 4) is 11.3 Å². The molecule has 0 atom stereocenters. The zero-order chi connectivity index (χ0) is 29.8. The van der Waals surface area contributed by atoms with E-state index in [1.54, 1.807) is 0 Å². The van der Waals surface area contributed by atoms with E-state index in [2.05, 4.69) is 137 Å². The van der Waals surface area contributed by atoms with Gasteiger partial charge in [0.1, 0.15) is 0 Å². The Morgan fingerprint density at radius 3 is 2.20 bits per heavy atom. The molecular weight excluding hydrogens is 729 g/mol. The molecule has 1 aliphatic heterocycles. The van der Waals surface area contributed by atoms with Crippen molar-refractivity contribution in [3.05, 3.63) is 146 Å². The minimum atomic E-state index is 0. The van der Waals surface area contributed by atoms with Gasteiger partial charge in [0, 0.05) is 33.9 Å². The van der Waals surface area contributed by atoms with E-state index >= 15 is 0 Å². The number of para-hydroxylation sites is 4. The molecule has 3 aromatic heterocycles. The number of rotatable bonds is 3. The quantitative estimate of drug-likeness (QED) is 0.168. The van der Waals surface area contributed by atoms with E-state index in [1.165, 1.54) is 55.0 Å². The Labute approximate surface area is 277 Å². The summed E-state index contributed by atoms with van der Waals surface area (Å²) < 4.78 is 2.43. The Kier molecular flexibility index (Phi) is 7.53. The molecule has 45 heavy (non-hydrogen) atoms. The summed E-state index contributed by atoms with van der Waals surface area (Å²) >= 11 is 0. The first kappa shape index (κ1) is 29.0. The summed E-state index contributed by atoms with van der Waals surface area (Å²) in [5.41, 5.74) is 10.5. The Bertz CT molecular complexity index is 2250. The molecule has 0 bridgehead atoms. The zero-order valence-corrected chi connectivity index (χ0v) is 27.7. The molecule has 0 saturated heterocycles. The molecule has 0 N–H and O–H groups in total. The molecule has 1 aliphatic rings. The minimum Gasteiger partial charge on any atom is -0.499 e. The number of aromatic nitrogens is 2. The molecule has 0 fully saturated rings. The number of aryl methyl sites for hydroxylation is 1. The maximum atomic E-state index is 4.32. The zero-order valence-electron chi connectivity index (χ0n) is 25.3. The topological polar surface area (TPSA) is 23.8 Å². The van der Waals surface area contributed by atoms with Crippen LogP contribution >= 0.6 is 0 Å². The smallest absolute Gasteiger partial charge is 0.499 e. The van der Waals surface area contributed by atoms with E-state index in [1.807, 2.05) is 43.5 Å². The predicted molar refractivity (Wildman–Crippen MR) is 184 cm³/mol. The maximum absolute atomic E-state index is 4.32. The van der Waals surface area contributed by atoms with Crippen LogP contribution in [0.15, 0.2) is 121 Å². The van der Waals surface area contributed by atoms with Crippen molar-refractivity contribution in [2.24, 2.45) is 0 Å². The van der Waals surface area contributed by atoms with Gasteiger partial charge in [0.2, 0.25) is 0 Å². The average Bonchev–Trinajstić information content (AvgIpc) is 3.73. The number of pyridine rings is 1. The molecule has 0 spiro atoms. The second-order valence-electron chi connectivity index (χ2n) is 11.6. The van der Waals surface area contributed by atoms with Gasteiger partial charge in [-0.05, 0) is 61.7 Å². The van der Waals surface area contributed by atoms with Crippen LogP contribution in [0.5, 0.6) is 0 Å². The van der Waals surface area contributed by atoms with Gasteiger partial charge in [0.05, 0.1) is 5.52 Å². The largest absolute Gasteiger partial charge is 3.00 e. The first-order valence-corrected chi connectivity index (χ1v) is 15.1. The van der Waals surface area contributed by atoms with E-state index in [9.17, 15) is 0 Å². The first-order chi connectivity index (χ1) is 21.6. The number of fused-ring (bicyclic) bond motifs is 7. The number of benzene rings is 5. The van der Waals surface area contributed by atoms with Gasteiger partial charge in [-0.25, -0.2) is 0 Å². The van der Waals surface area contributed by atoms with Crippen LogP contribution in [-0.2, 0) is 20.1 Å². The third kappa shape index (κ3) is 4.84. The number of anilines is 3. The number of nitrogens with zero attached hydrogens (tertiary/aromatic N) is 4. The van der Waals surface area contributed by atoms with Crippen molar-refractivity contribution in [3.63, 3.8) is 0 Å². The molecule has 8 aromatic rings. The van der Waals surface area contributed by atoms with Gasteiger partial charge in [-0.2, -0.15) is 18.8 Å². The normalized spacial score (nSPS) is 12.6. The predicted octanol–water partition coefficient (Wildman–Crippen LogP) is 9.98. The van der Waals surface area contributed by atoms with Crippen molar-refractivity contribution < 1.29 is 20.1 Å². The standard InChI is InChI=1S/C28H21N3.C12H10N.Ir/c1-18(2)29-17-30(26-13-6-5-12-25(26)29)19-14-15-21-23-10-7-9-22-20-8-3-4-11-24(20)31(28(22)23)27(21)16-19;1-10-7-8-12(13-9-10)11-5-3-2-4-6-11;/h3-13,15-18H,1-2H3;2-5,7-9H,1H3;/q-2;-1;+3. The van der Waals surface area contributed by atoms with Gasteiger partial charge in [-0.15, -0.1) is 53.0 Å². The second kappa shape index (κ2) is 11.7. The van der Waals surface area contributed by atoms with Crippen LogP contribution in [0, 0.1) is 25.7 Å². The molecule has 4 nitrogen and oxygen atoms in total. The number of hydrogen-bond donors (Lipinski definition) is 0. The monoisotopic (exact) mass is 760 g/mol. The van der Waals surface area contributed by atoms with Crippen LogP contribution in [0.2, 0.25) is 0 Å². The van der Waals surface area contributed by atoms with E-state index in [0.29, 0.717) is 6.04 Å². The Hall–Kier alpha value is -4.70. The summed E-state index contributed by atoms with van der Waals surface area (Å²) in [6, 6.07) is 47.4. The van der Waals surface area contributed by atoms with Gasteiger partial charge in [-0.1, -0.05) is 66.2 Å². The fourth-order valence-electron chi connectivity index (χ4n) is 6.41. The molecule has 0 radical (unpaired) electrons. The summed E-state index contributed by atoms with van der Waals surface area (Å²) in [6.45, 7) is 8.69. The van der Waals surface area contributed by atoms with Crippen LogP contribution in [0.25, 0.3) is 49.4 Å². The van der Waals surface area contributed by atoms with Crippen molar-refractivity contribution in [1.82, 2.24) is 9.38 Å². The molecular formula is C40H31IrN4. The fraction of sp³-hybridized carbons (Fsp3) is 0.100. The molecule has 5 aromatic carbocycles. The Morgan fingerprint density at radius 1 is 0.711 bits per heavy atom. The molecule has 0 aliphatic carbocycles. The molecule has 0 saturated carbocycles. The molecule has 220 valence electrons. The van der Waals surface area contributed by atoms with Crippen molar-refractivity contribution in [2.75, 3.05) is 9.80 Å². The van der Waals surface area contributed by atoms with Crippen LogP contribution < -0.4 is 9.80 Å².